The lowest BCUT2D eigenvalue weighted by Gasteiger charge is -2.35. The Morgan fingerprint density at radius 3 is 2.30 bits per heavy atom. The van der Waals surface area contributed by atoms with Gasteiger partial charge in [0.2, 0.25) is 5.95 Å². The summed E-state index contributed by atoms with van der Waals surface area (Å²) in [7, 11) is 3.05. The average Bonchev–Trinajstić information content (AvgIpc) is 2.95. The number of hydrogen-bond acceptors (Lipinski definition) is 8. The van der Waals surface area contributed by atoms with Gasteiger partial charge in [0, 0.05) is 44.1 Å². The van der Waals surface area contributed by atoms with E-state index >= 15 is 0 Å². The van der Waals surface area contributed by atoms with E-state index in [1.165, 1.54) is 44.2 Å². The molecule has 0 atom stereocenters. The molecular formula is C26H26FN5O5. The predicted octanol–water partition coefficient (Wildman–Crippen LogP) is 2.64. The molecule has 1 fully saturated rings. The molecule has 1 saturated heterocycles. The molecular weight excluding hydrogens is 481 g/mol. The number of nitrogens with zero attached hydrogens (tertiary/aromatic N) is 4. The summed E-state index contributed by atoms with van der Waals surface area (Å²) in [4.78, 5) is 37.2. The second-order valence-corrected chi connectivity index (χ2v) is 8.17. The number of hydroxylamine groups is 1. The third-order valence-corrected chi connectivity index (χ3v) is 5.94. The molecule has 2 heterocycles. The molecule has 0 radical (unpaired) electrons. The molecule has 0 unspecified atom stereocenters. The third kappa shape index (κ3) is 5.84. The molecule has 10 nitrogen and oxygen atoms in total. The molecule has 3 aromatic rings. The number of piperazine rings is 1. The lowest BCUT2D eigenvalue weighted by molar-refractivity contribution is -0.125. The fourth-order valence-corrected chi connectivity index (χ4v) is 3.98. The van der Waals surface area contributed by atoms with Crippen LogP contribution >= 0.6 is 0 Å². The van der Waals surface area contributed by atoms with Crippen LogP contribution < -0.4 is 19.9 Å². The van der Waals surface area contributed by atoms with Gasteiger partial charge in [-0.05, 0) is 41.5 Å². The van der Waals surface area contributed by atoms with Crippen LogP contribution in [0.1, 0.15) is 21.5 Å². The minimum atomic E-state index is -0.699. The zero-order valence-electron chi connectivity index (χ0n) is 20.3. The molecule has 37 heavy (non-hydrogen) atoms. The molecule has 2 aromatic carbocycles. The highest BCUT2D eigenvalue weighted by molar-refractivity contribution is 6.24. The zero-order chi connectivity index (χ0) is 26.4. The van der Waals surface area contributed by atoms with Gasteiger partial charge in [0.15, 0.2) is 11.5 Å². The Morgan fingerprint density at radius 1 is 0.973 bits per heavy atom. The molecule has 2 amide bonds. The van der Waals surface area contributed by atoms with Crippen molar-refractivity contribution >= 4 is 29.4 Å². The van der Waals surface area contributed by atoms with Crippen molar-refractivity contribution in [2.24, 2.45) is 0 Å². The van der Waals surface area contributed by atoms with E-state index in [4.69, 9.17) is 14.7 Å². The predicted molar refractivity (Wildman–Crippen MR) is 134 cm³/mol. The van der Waals surface area contributed by atoms with Gasteiger partial charge in [0.05, 0.1) is 19.8 Å². The summed E-state index contributed by atoms with van der Waals surface area (Å²) in [5.74, 6) is 0.0980. The molecule has 11 heteroatoms. The van der Waals surface area contributed by atoms with Gasteiger partial charge in [0.25, 0.3) is 11.8 Å². The summed E-state index contributed by atoms with van der Waals surface area (Å²) in [5.41, 5.74) is 3.21. The maximum Gasteiger partial charge on any atom is 0.277 e. The number of halogens is 1. The number of carbonyl (C=O) groups excluding carboxylic acids is 2. The molecule has 192 valence electrons. The summed E-state index contributed by atoms with van der Waals surface area (Å²) >= 11 is 0. The van der Waals surface area contributed by atoms with Crippen molar-refractivity contribution in [3.63, 3.8) is 0 Å². The molecule has 0 spiro atoms. The van der Waals surface area contributed by atoms with Crippen LogP contribution in [0.15, 0.2) is 54.9 Å². The minimum Gasteiger partial charge on any atom is -0.493 e. The normalized spacial score (nSPS) is 13.8. The van der Waals surface area contributed by atoms with Gasteiger partial charge in [-0.2, -0.15) is 0 Å². The number of benzene rings is 2. The number of hydrogen-bond donors (Lipinski definition) is 2. The van der Waals surface area contributed by atoms with Gasteiger partial charge in [-0.3, -0.25) is 14.8 Å². The molecule has 2 N–H and O–H groups in total. The van der Waals surface area contributed by atoms with E-state index in [9.17, 15) is 14.0 Å². The van der Waals surface area contributed by atoms with Gasteiger partial charge < -0.3 is 19.3 Å². The zero-order valence-corrected chi connectivity index (χ0v) is 20.3. The first kappa shape index (κ1) is 25.6. The van der Waals surface area contributed by atoms with Crippen LogP contribution in [-0.4, -0.2) is 72.3 Å². The average molecular weight is 508 g/mol. The largest absolute Gasteiger partial charge is 0.493 e. The summed E-state index contributed by atoms with van der Waals surface area (Å²) in [6.45, 7) is 1.73. The lowest BCUT2D eigenvalue weighted by Crippen LogP contribution is -2.49. The Balaban J connectivity index is 1.57. The van der Waals surface area contributed by atoms with E-state index in [1.807, 2.05) is 4.90 Å². The number of methoxy groups -OCH3 is 2. The number of rotatable bonds is 7. The van der Waals surface area contributed by atoms with E-state index in [0.29, 0.717) is 60.3 Å². The van der Waals surface area contributed by atoms with Gasteiger partial charge in [-0.1, -0.05) is 18.2 Å². The van der Waals surface area contributed by atoms with Crippen LogP contribution in [0.5, 0.6) is 11.5 Å². The second-order valence-electron chi connectivity index (χ2n) is 8.17. The van der Waals surface area contributed by atoms with E-state index in [-0.39, 0.29) is 11.5 Å². The smallest absolute Gasteiger partial charge is 0.277 e. The van der Waals surface area contributed by atoms with E-state index < -0.39 is 11.7 Å². The molecule has 0 bridgehead atoms. The molecule has 1 aliphatic rings. The van der Waals surface area contributed by atoms with Crippen molar-refractivity contribution in [3.8, 4) is 11.5 Å². The fourth-order valence-electron chi connectivity index (χ4n) is 3.98. The van der Waals surface area contributed by atoms with Crippen molar-refractivity contribution in [2.45, 2.75) is 0 Å². The molecule has 4 rings (SSSR count). The van der Waals surface area contributed by atoms with Gasteiger partial charge >= 0.3 is 0 Å². The summed E-state index contributed by atoms with van der Waals surface area (Å²) < 4.78 is 24.6. The quantitative estimate of drug-likeness (QED) is 0.217. The number of aromatic nitrogens is 2. The summed E-state index contributed by atoms with van der Waals surface area (Å²) in [5, 5.41) is 8.74. The molecule has 1 aromatic heterocycles. The standard InChI is InChI=1S/C26H26FN5O5/c1-36-22-7-6-18(14-23(22)37-2)21(13-17-4-3-5-20(27)12-17)25(34)31-8-10-32(11-9-31)26-28-15-19(16-29-26)24(33)30-35/h3-7,12-16,35H,8-11H2,1-2H3,(H,30,33)/b21-13+. The maximum atomic E-state index is 13.9. The first-order chi connectivity index (χ1) is 17.9. The van der Waals surface area contributed by atoms with Crippen LogP contribution in [-0.2, 0) is 4.79 Å². The van der Waals surface area contributed by atoms with Crippen molar-refractivity contribution in [2.75, 3.05) is 45.3 Å². The van der Waals surface area contributed by atoms with Crippen molar-refractivity contribution in [3.05, 3.63) is 77.4 Å². The van der Waals surface area contributed by atoms with Crippen LogP contribution in [0.2, 0.25) is 0 Å². The highest BCUT2D eigenvalue weighted by atomic mass is 19.1. The Bertz CT molecular complexity index is 1310. The Kier molecular flexibility index (Phi) is 7.94. The van der Waals surface area contributed by atoms with E-state index in [1.54, 1.807) is 41.3 Å². The van der Waals surface area contributed by atoms with Crippen molar-refractivity contribution in [1.29, 1.82) is 0 Å². The molecule has 1 aliphatic heterocycles. The SMILES string of the molecule is COc1ccc(/C(=C\c2cccc(F)c2)C(=O)N2CCN(c3ncc(C(=O)NO)cn3)CC2)cc1OC. The minimum absolute atomic E-state index is 0.127. The van der Waals surface area contributed by atoms with E-state index in [0.717, 1.165) is 0 Å². The monoisotopic (exact) mass is 507 g/mol. The lowest BCUT2D eigenvalue weighted by atomic mass is 10.00. The Hall–Kier alpha value is -4.51. The highest BCUT2D eigenvalue weighted by Crippen LogP contribution is 2.32. The van der Waals surface area contributed by atoms with Crippen molar-refractivity contribution < 1.29 is 28.7 Å². The van der Waals surface area contributed by atoms with Gasteiger partial charge in [0.1, 0.15) is 5.82 Å². The summed E-state index contributed by atoms with van der Waals surface area (Å²) in [6, 6.07) is 11.2. The number of anilines is 1. The van der Waals surface area contributed by atoms with Crippen LogP contribution in [0.3, 0.4) is 0 Å². The number of carbonyl (C=O) groups is 2. The number of ether oxygens (including phenoxy) is 2. The van der Waals surface area contributed by atoms with Crippen LogP contribution in [0.4, 0.5) is 10.3 Å². The first-order valence-electron chi connectivity index (χ1n) is 11.4. The summed E-state index contributed by atoms with van der Waals surface area (Å²) in [6.07, 6.45) is 4.30. The van der Waals surface area contributed by atoms with Gasteiger partial charge in [-0.15, -0.1) is 0 Å². The Labute approximate surface area is 212 Å². The molecule has 0 aliphatic carbocycles. The van der Waals surface area contributed by atoms with Crippen LogP contribution in [0, 0.1) is 5.82 Å². The maximum absolute atomic E-state index is 13.9. The van der Waals surface area contributed by atoms with Gasteiger partial charge in [-0.25, -0.2) is 19.8 Å². The second kappa shape index (κ2) is 11.5. The first-order valence-corrected chi connectivity index (χ1v) is 11.4. The Morgan fingerprint density at radius 2 is 1.68 bits per heavy atom. The van der Waals surface area contributed by atoms with Crippen LogP contribution in [0.25, 0.3) is 11.6 Å². The number of nitrogens with one attached hydrogen (secondary N) is 1. The molecule has 0 saturated carbocycles. The highest BCUT2D eigenvalue weighted by Gasteiger charge is 2.26. The third-order valence-electron chi connectivity index (χ3n) is 5.94. The topological polar surface area (TPSA) is 117 Å². The van der Waals surface area contributed by atoms with Crippen molar-refractivity contribution in [1.82, 2.24) is 20.3 Å². The number of amides is 2. The fraction of sp³-hybridized carbons (Fsp3) is 0.231. The van der Waals surface area contributed by atoms with E-state index in [2.05, 4.69) is 9.97 Å².